The smallest absolute Gasteiger partial charge is 0.126 e. The lowest BCUT2D eigenvalue weighted by Crippen LogP contribution is -2.18. The Kier molecular flexibility index (Phi) is 4.72. The van der Waals surface area contributed by atoms with E-state index in [1.54, 1.807) is 13.0 Å². The van der Waals surface area contributed by atoms with Crippen molar-refractivity contribution in [3.63, 3.8) is 0 Å². The van der Waals surface area contributed by atoms with Gasteiger partial charge >= 0.3 is 0 Å². The van der Waals surface area contributed by atoms with Crippen molar-refractivity contribution in [2.75, 3.05) is 0 Å². The highest BCUT2D eigenvalue weighted by atomic mass is 79.9. The Morgan fingerprint density at radius 1 is 1.21 bits per heavy atom. The second-order valence-corrected chi connectivity index (χ2v) is 5.66. The van der Waals surface area contributed by atoms with Gasteiger partial charge in [0.25, 0.3) is 0 Å². The van der Waals surface area contributed by atoms with Gasteiger partial charge in [-0.25, -0.2) is 4.39 Å². The first-order valence-corrected chi connectivity index (χ1v) is 7.09. The van der Waals surface area contributed by atoms with E-state index in [1.807, 2.05) is 24.3 Å². The molecular formula is C16H17BrFN. The van der Waals surface area contributed by atoms with Crippen LogP contribution in [0.15, 0.2) is 46.9 Å². The van der Waals surface area contributed by atoms with E-state index < -0.39 is 0 Å². The summed E-state index contributed by atoms with van der Waals surface area (Å²) in [6.07, 6.45) is 0. The van der Waals surface area contributed by atoms with E-state index >= 15 is 0 Å². The summed E-state index contributed by atoms with van der Waals surface area (Å²) in [5, 5.41) is 3.40. The lowest BCUT2D eigenvalue weighted by molar-refractivity contribution is 0.568. The van der Waals surface area contributed by atoms with Gasteiger partial charge in [-0.2, -0.15) is 0 Å². The van der Waals surface area contributed by atoms with Crippen molar-refractivity contribution >= 4 is 15.9 Å². The molecule has 0 aliphatic rings. The van der Waals surface area contributed by atoms with E-state index in [4.69, 9.17) is 0 Å². The third kappa shape index (κ3) is 3.88. The van der Waals surface area contributed by atoms with Crippen molar-refractivity contribution in [1.82, 2.24) is 5.32 Å². The Hall–Kier alpha value is -1.19. The SMILES string of the molecule is Cc1ccc(CNC(C)c2cccc(Br)c2)cc1F. The average Bonchev–Trinajstić information content (AvgIpc) is 2.40. The van der Waals surface area contributed by atoms with E-state index in [1.165, 1.54) is 5.56 Å². The van der Waals surface area contributed by atoms with Crippen LogP contribution in [0.1, 0.15) is 29.7 Å². The van der Waals surface area contributed by atoms with E-state index in [9.17, 15) is 4.39 Å². The van der Waals surface area contributed by atoms with Crippen LogP contribution in [0, 0.1) is 12.7 Å². The van der Waals surface area contributed by atoms with E-state index in [0.717, 1.165) is 10.0 Å². The van der Waals surface area contributed by atoms with Crippen LogP contribution in [0.5, 0.6) is 0 Å². The molecule has 0 amide bonds. The minimum absolute atomic E-state index is 0.144. The van der Waals surface area contributed by atoms with Crippen LogP contribution in [-0.2, 0) is 6.54 Å². The number of benzene rings is 2. The molecule has 2 aromatic carbocycles. The lowest BCUT2D eigenvalue weighted by atomic mass is 10.1. The Bertz CT molecular complexity index is 568. The molecule has 0 heterocycles. The van der Waals surface area contributed by atoms with Gasteiger partial charge < -0.3 is 5.32 Å². The maximum absolute atomic E-state index is 13.4. The van der Waals surface area contributed by atoms with Crippen molar-refractivity contribution in [3.05, 3.63) is 69.4 Å². The van der Waals surface area contributed by atoms with Gasteiger partial charge in [0.05, 0.1) is 0 Å². The average molecular weight is 322 g/mol. The summed E-state index contributed by atoms with van der Waals surface area (Å²) in [6, 6.07) is 13.8. The lowest BCUT2D eigenvalue weighted by Gasteiger charge is -2.15. The highest BCUT2D eigenvalue weighted by Crippen LogP contribution is 2.18. The van der Waals surface area contributed by atoms with Gasteiger partial charge in [-0.05, 0) is 48.7 Å². The molecule has 0 aromatic heterocycles. The van der Waals surface area contributed by atoms with Crippen molar-refractivity contribution in [2.45, 2.75) is 26.4 Å². The van der Waals surface area contributed by atoms with Crippen molar-refractivity contribution in [3.8, 4) is 0 Å². The number of aryl methyl sites for hydroxylation is 1. The predicted molar refractivity (Wildman–Crippen MR) is 80.5 cm³/mol. The predicted octanol–water partition coefficient (Wildman–Crippen LogP) is 4.75. The fraction of sp³-hybridized carbons (Fsp3) is 0.250. The quantitative estimate of drug-likeness (QED) is 0.857. The second-order valence-electron chi connectivity index (χ2n) is 4.74. The van der Waals surface area contributed by atoms with Crippen LogP contribution in [0.2, 0.25) is 0 Å². The van der Waals surface area contributed by atoms with Crippen LogP contribution in [-0.4, -0.2) is 0 Å². The number of hydrogen-bond donors (Lipinski definition) is 1. The summed E-state index contributed by atoms with van der Waals surface area (Å²) in [4.78, 5) is 0. The third-order valence-electron chi connectivity index (χ3n) is 3.20. The number of hydrogen-bond acceptors (Lipinski definition) is 1. The maximum Gasteiger partial charge on any atom is 0.126 e. The van der Waals surface area contributed by atoms with Crippen LogP contribution in [0.3, 0.4) is 0 Å². The molecule has 0 saturated carbocycles. The molecule has 0 fully saturated rings. The molecule has 1 N–H and O–H groups in total. The fourth-order valence-electron chi connectivity index (χ4n) is 1.91. The van der Waals surface area contributed by atoms with Crippen molar-refractivity contribution in [1.29, 1.82) is 0 Å². The molecule has 3 heteroatoms. The largest absolute Gasteiger partial charge is 0.306 e. The summed E-state index contributed by atoms with van der Waals surface area (Å²) in [6.45, 7) is 4.54. The van der Waals surface area contributed by atoms with Crippen LogP contribution in [0.4, 0.5) is 4.39 Å². The number of nitrogens with one attached hydrogen (secondary N) is 1. The summed E-state index contributed by atoms with van der Waals surface area (Å²) in [5.74, 6) is -0.144. The van der Waals surface area contributed by atoms with Gasteiger partial charge in [0.15, 0.2) is 0 Å². The van der Waals surface area contributed by atoms with E-state index in [-0.39, 0.29) is 11.9 Å². The van der Waals surface area contributed by atoms with Crippen LogP contribution in [0.25, 0.3) is 0 Å². The zero-order chi connectivity index (χ0) is 13.8. The Labute approximate surface area is 122 Å². The molecule has 0 aliphatic heterocycles. The molecule has 1 nitrogen and oxygen atoms in total. The molecule has 0 radical (unpaired) electrons. The van der Waals surface area contributed by atoms with Gasteiger partial charge in [-0.15, -0.1) is 0 Å². The first-order chi connectivity index (χ1) is 9.06. The zero-order valence-electron chi connectivity index (χ0n) is 11.1. The van der Waals surface area contributed by atoms with Gasteiger partial charge in [0, 0.05) is 17.1 Å². The van der Waals surface area contributed by atoms with Crippen LogP contribution >= 0.6 is 15.9 Å². The highest BCUT2D eigenvalue weighted by molar-refractivity contribution is 9.10. The summed E-state index contributed by atoms with van der Waals surface area (Å²) in [5.41, 5.74) is 2.86. The molecular weight excluding hydrogens is 305 g/mol. The van der Waals surface area contributed by atoms with Gasteiger partial charge in [0.1, 0.15) is 5.82 Å². The Balaban J connectivity index is 2.00. The normalized spacial score (nSPS) is 12.4. The molecule has 100 valence electrons. The molecule has 1 atom stereocenters. The minimum atomic E-state index is -0.144. The highest BCUT2D eigenvalue weighted by Gasteiger charge is 2.06. The molecule has 0 spiro atoms. The molecule has 1 unspecified atom stereocenters. The van der Waals surface area contributed by atoms with Gasteiger partial charge in [0.2, 0.25) is 0 Å². The molecule has 0 aliphatic carbocycles. The standard InChI is InChI=1S/C16H17BrFN/c1-11-6-7-13(8-16(11)18)10-19-12(2)14-4-3-5-15(17)9-14/h3-9,12,19H,10H2,1-2H3. The molecule has 0 bridgehead atoms. The van der Waals surface area contributed by atoms with Gasteiger partial charge in [-0.3, -0.25) is 0 Å². The minimum Gasteiger partial charge on any atom is -0.306 e. The number of rotatable bonds is 4. The van der Waals surface area contributed by atoms with Crippen molar-refractivity contribution in [2.24, 2.45) is 0 Å². The summed E-state index contributed by atoms with van der Waals surface area (Å²) in [7, 11) is 0. The molecule has 0 saturated heterocycles. The summed E-state index contributed by atoms with van der Waals surface area (Å²) >= 11 is 3.47. The fourth-order valence-corrected chi connectivity index (χ4v) is 2.33. The van der Waals surface area contributed by atoms with Crippen molar-refractivity contribution < 1.29 is 4.39 Å². The second kappa shape index (κ2) is 6.31. The molecule has 19 heavy (non-hydrogen) atoms. The Morgan fingerprint density at radius 3 is 2.68 bits per heavy atom. The Morgan fingerprint density at radius 2 is 2.00 bits per heavy atom. The topological polar surface area (TPSA) is 12.0 Å². The first kappa shape index (κ1) is 14.2. The van der Waals surface area contributed by atoms with Crippen LogP contribution < -0.4 is 5.32 Å². The number of halogens is 2. The van der Waals surface area contributed by atoms with Gasteiger partial charge in [-0.1, -0.05) is 40.2 Å². The van der Waals surface area contributed by atoms with E-state index in [0.29, 0.717) is 12.1 Å². The zero-order valence-corrected chi connectivity index (χ0v) is 12.7. The monoisotopic (exact) mass is 321 g/mol. The third-order valence-corrected chi connectivity index (χ3v) is 3.69. The first-order valence-electron chi connectivity index (χ1n) is 6.30. The van der Waals surface area contributed by atoms with E-state index in [2.05, 4.69) is 40.3 Å². The summed E-state index contributed by atoms with van der Waals surface area (Å²) < 4.78 is 14.5. The maximum atomic E-state index is 13.4. The molecule has 2 rings (SSSR count). The molecule has 2 aromatic rings.